The zero-order valence-corrected chi connectivity index (χ0v) is 17.0. The van der Waals surface area contributed by atoms with Gasteiger partial charge < -0.3 is 19.9 Å². The molecule has 4 heterocycles. The number of halogens is 1. The van der Waals surface area contributed by atoms with Crippen LogP contribution < -0.4 is 10.2 Å². The molecule has 2 N–H and O–H groups in total. The number of piperidine rings is 2. The van der Waals surface area contributed by atoms with Crippen LogP contribution in [0.4, 0.5) is 10.2 Å². The Bertz CT molecular complexity index is 1030. The molecule has 0 amide bonds. The molecule has 0 radical (unpaired) electrons. The van der Waals surface area contributed by atoms with E-state index in [1.54, 1.807) is 18.6 Å². The Hall–Kier alpha value is -3.00. The fourth-order valence-corrected chi connectivity index (χ4v) is 4.81. The van der Waals surface area contributed by atoms with Crippen LogP contribution >= 0.6 is 0 Å². The molecule has 0 spiro atoms. The van der Waals surface area contributed by atoms with Gasteiger partial charge in [0, 0.05) is 43.2 Å². The number of hydrogen-bond donors (Lipinski definition) is 2. The lowest BCUT2D eigenvalue weighted by atomic mass is 9.68. The van der Waals surface area contributed by atoms with E-state index in [0.29, 0.717) is 17.1 Å². The molecule has 2 saturated heterocycles. The molecule has 1 saturated carbocycles. The Balaban J connectivity index is 1.38. The average Bonchev–Trinajstić information content (AvgIpc) is 3.30. The van der Waals surface area contributed by atoms with E-state index in [9.17, 15) is 5.11 Å². The highest BCUT2D eigenvalue weighted by Crippen LogP contribution is 2.42. The van der Waals surface area contributed by atoms with Crippen molar-refractivity contribution in [1.82, 2.24) is 25.1 Å². The van der Waals surface area contributed by atoms with Gasteiger partial charge in [0.25, 0.3) is 0 Å². The van der Waals surface area contributed by atoms with Gasteiger partial charge in [0.2, 0.25) is 0 Å². The van der Waals surface area contributed by atoms with Crippen molar-refractivity contribution in [3.8, 4) is 22.7 Å². The van der Waals surface area contributed by atoms with Crippen LogP contribution in [0.2, 0.25) is 0 Å². The first-order valence-electron chi connectivity index (χ1n) is 10.2. The molecule has 8 heteroatoms. The number of aromatic nitrogens is 4. The number of rotatable bonds is 4. The number of nitrogens with zero attached hydrogens (tertiary/aromatic N) is 5. The second-order valence-electron chi connectivity index (χ2n) is 8.55. The average molecular weight is 408 g/mol. The number of phenolic OH excluding ortho intramolecular Hbond substituents is 1. The molecule has 2 aliphatic heterocycles. The number of nitrogens with one attached hydrogen (secondary N) is 1. The highest BCUT2D eigenvalue weighted by Gasteiger charge is 2.53. The van der Waals surface area contributed by atoms with Crippen molar-refractivity contribution < 1.29 is 9.50 Å². The molecule has 6 rings (SSSR count). The highest BCUT2D eigenvalue weighted by atomic mass is 19.1. The fraction of sp³-hybridized carbons (Fsp3) is 0.409. The normalized spacial score (nSPS) is 27.9. The number of hydrogen-bond acceptors (Lipinski definition) is 6. The number of phenols is 1. The van der Waals surface area contributed by atoms with Gasteiger partial charge in [-0.05, 0) is 49.9 Å². The SMILES string of the molecule is CN(c1ccc(-c2ccc(-n3ccnc3)cc2O)nn1)[C@H]1[C@@H]2CC[C@@](C)(NC2)[C@@H]1F. The summed E-state index contributed by atoms with van der Waals surface area (Å²) in [7, 11) is 1.89. The van der Waals surface area contributed by atoms with Gasteiger partial charge in [-0.3, -0.25) is 0 Å². The first-order chi connectivity index (χ1) is 14.5. The third-order valence-corrected chi connectivity index (χ3v) is 6.71. The summed E-state index contributed by atoms with van der Waals surface area (Å²) in [4.78, 5) is 5.94. The molecule has 1 aromatic carbocycles. The van der Waals surface area contributed by atoms with Crippen molar-refractivity contribution >= 4 is 5.82 Å². The Morgan fingerprint density at radius 1 is 1.27 bits per heavy atom. The fourth-order valence-electron chi connectivity index (χ4n) is 4.81. The Kier molecular flexibility index (Phi) is 4.47. The maximum Gasteiger partial charge on any atom is 0.151 e. The van der Waals surface area contributed by atoms with E-state index >= 15 is 4.39 Å². The summed E-state index contributed by atoms with van der Waals surface area (Å²) in [6.45, 7) is 2.80. The van der Waals surface area contributed by atoms with Crippen LogP contribution in [0.15, 0.2) is 49.1 Å². The molecule has 2 aromatic heterocycles. The maximum absolute atomic E-state index is 15.2. The van der Waals surface area contributed by atoms with E-state index in [2.05, 4.69) is 20.5 Å². The molecular weight excluding hydrogens is 383 g/mol. The molecule has 0 unspecified atom stereocenters. The summed E-state index contributed by atoms with van der Waals surface area (Å²) in [5.41, 5.74) is 1.50. The summed E-state index contributed by atoms with van der Waals surface area (Å²) < 4.78 is 17.0. The molecule has 2 bridgehead atoms. The number of benzene rings is 1. The predicted octanol–water partition coefficient (Wildman–Crippen LogP) is 2.95. The lowest BCUT2D eigenvalue weighted by Crippen LogP contribution is -2.70. The van der Waals surface area contributed by atoms with Gasteiger partial charge in [0.1, 0.15) is 11.9 Å². The predicted molar refractivity (Wildman–Crippen MR) is 112 cm³/mol. The van der Waals surface area contributed by atoms with Crippen molar-refractivity contribution in [2.75, 3.05) is 18.5 Å². The minimum atomic E-state index is -0.962. The Labute approximate surface area is 174 Å². The van der Waals surface area contributed by atoms with E-state index in [1.165, 1.54) is 0 Å². The van der Waals surface area contributed by atoms with Crippen LogP contribution in [0.5, 0.6) is 5.75 Å². The van der Waals surface area contributed by atoms with E-state index in [0.717, 1.165) is 25.1 Å². The lowest BCUT2D eigenvalue weighted by Gasteiger charge is -2.54. The van der Waals surface area contributed by atoms with E-state index in [4.69, 9.17) is 0 Å². The second kappa shape index (κ2) is 7.05. The van der Waals surface area contributed by atoms with Gasteiger partial charge >= 0.3 is 0 Å². The number of fused-ring (bicyclic) bond motifs is 3. The van der Waals surface area contributed by atoms with Gasteiger partial charge in [-0.1, -0.05) is 0 Å². The van der Waals surface area contributed by atoms with Crippen LogP contribution in [-0.4, -0.2) is 56.2 Å². The molecule has 156 valence electrons. The zero-order valence-electron chi connectivity index (χ0n) is 17.0. The monoisotopic (exact) mass is 408 g/mol. The Morgan fingerprint density at radius 3 is 2.77 bits per heavy atom. The van der Waals surface area contributed by atoms with E-state index < -0.39 is 11.7 Å². The second-order valence-corrected chi connectivity index (χ2v) is 8.55. The minimum Gasteiger partial charge on any atom is -0.507 e. The van der Waals surface area contributed by atoms with Gasteiger partial charge in [-0.25, -0.2) is 9.37 Å². The third kappa shape index (κ3) is 3.02. The van der Waals surface area contributed by atoms with Crippen LogP contribution in [0.25, 0.3) is 16.9 Å². The van der Waals surface area contributed by atoms with Crippen LogP contribution in [0, 0.1) is 5.92 Å². The molecule has 1 aliphatic carbocycles. The first kappa shape index (κ1) is 19.0. The maximum atomic E-state index is 15.2. The topological polar surface area (TPSA) is 79.1 Å². The van der Waals surface area contributed by atoms with Crippen molar-refractivity contribution in [2.45, 2.75) is 37.5 Å². The van der Waals surface area contributed by atoms with Gasteiger partial charge in [-0.2, -0.15) is 0 Å². The number of anilines is 1. The zero-order chi connectivity index (χ0) is 20.9. The Morgan fingerprint density at radius 2 is 2.13 bits per heavy atom. The molecule has 3 aliphatic rings. The van der Waals surface area contributed by atoms with Crippen molar-refractivity contribution in [3.05, 3.63) is 49.1 Å². The largest absolute Gasteiger partial charge is 0.507 e. The number of alkyl halides is 1. The number of imidazole rings is 1. The lowest BCUT2D eigenvalue weighted by molar-refractivity contribution is 0.0102. The molecule has 4 atom stereocenters. The molecule has 3 fully saturated rings. The van der Waals surface area contributed by atoms with Crippen molar-refractivity contribution in [3.63, 3.8) is 0 Å². The van der Waals surface area contributed by atoms with Crippen LogP contribution in [0.1, 0.15) is 19.8 Å². The van der Waals surface area contributed by atoms with Crippen LogP contribution in [0.3, 0.4) is 0 Å². The smallest absolute Gasteiger partial charge is 0.151 e. The number of aromatic hydroxyl groups is 1. The molecular formula is C22H25FN6O. The quantitative estimate of drug-likeness (QED) is 0.691. The summed E-state index contributed by atoms with van der Waals surface area (Å²) in [5.74, 6) is 1.01. The van der Waals surface area contributed by atoms with E-state index in [-0.39, 0.29) is 17.7 Å². The standard InChI is InChI=1S/C22H25FN6O/c1-22-8-7-14(12-25-22)20(21(22)23)28(2)19-6-5-17(26-27-19)16-4-3-15(11-18(16)30)29-10-9-24-13-29/h3-6,9-11,13-14,20-21,25,30H,7-8,12H2,1-2H3/t14-,20+,21-,22-/m1/s1. The van der Waals surface area contributed by atoms with Crippen LogP contribution in [-0.2, 0) is 0 Å². The third-order valence-electron chi connectivity index (χ3n) is 6.71. The summed E-state index contributed by atoms with van der Waals surface area (Å²) >= 11 is 0. The van der Waals surface area contributed by atoms with Gasteiger partial charge in [0.05, 0.1) is 23.8 Å². The summed E-state index contributed by atoms with van der Waals surface area (Å²) in [6, 6.07) is 8.81. The minimum absolute atomic E-state index is 0.115. The van der Waals surface area contributed by atoms with Gasteiger partial charge in [0.15, 0.2) is 5.82 Å². The van der Waals surface area contributed by atoms with Crippen molar-refractivity contribution in [1.29, 1.82) is 0 Å². The molecule has 3 aromatic rings. The van der Waals surface area contributed by atoms with E-state index in [1.807, 2.05) is 53.9 Å². The summed E-state index contributed by atoms with van der Waals surface area (Å²) in [6.07, 6.45) is 6.08. The first-order valence-corrected chi connectivity index (χ1v) is 10.2. The molecule has 7 nitrogen and oxygen atoms in total. The van der Waals surface area contributed by atoms with Gasteiger partial charge in [-0.15, -0.1) is 10.2 Å². The summed E-state index contributed by atoms with van der Waals surface area (Å²) in [5, 5.41) is 22.5. The highest BCUT2D eigenvalue weighted by molar-refractivity contribution is 5.69. The van der Waals surface area contributed by atoms with Crippen molar-refractivity contribution in [2.24, 2.45) is 5.92 Å². The molecule has 30 heavy (non-hydrogen) atoms.